The van der Waals surface area contributed by atoms with Crippen molar-refractivity contribution in [3.8, 4) is 0 Å². The first-order chi connectivity index (χ1) is 9.34. The third-order valence-corrected chi connectivity index (χ3v) is 2.58. The van der Waals surface area contributed by atoms with Crippen LogP contribution in [0.4, 0.5) is 23.2 Å². The van der Waals surface area contributed by atoms with Crippen molar-refractivity contribution in [1.82, 2.24) is 5.32 Å². The topological polar surface area (TPSA) is 41.1 Å². The number of alkyl halides is 3. The van der Waals surface area contributed by atoms with Gasteiger partial charge < -0.3 is 10.6 Å². The highest BCUT2D eigenvalue weighted by atomic mass is 19.4. The molecule has 1 rings (SSSR count). The lowest BCUT2D eigenvalue weighted by Gasteiger charge is -2.11. The minimum atomic E-state index is -4.76. The summed E-state index contributed by atoms with van der Waals surface area (Å²) in [5, 5.41) is 5.14. The molecule has 0 aromatic heterocycles. The van der Waals surface area contributed by atoms with E-state index in [9.17, 15) is 22.4 Å². The van der Waals surface area contributed by atoms with Crippen molar-refractivity contribution in [3.63, 3.8) is 0 Å². The normalized spacial score (nSPS) is 11.2. The van der Waals surface area contributed by atoms with Gasteiger partial charge in [-0.05, 0) is 24.6 Å². The highest BCUT2D eigenvalue weighted by Crippen LogP contribution is 2.32. The second-order valence-electron chi connectivity index (χ2n) is 4.25. The monoisotopic (exact) mass is 292 g/mol. The SMILES string of the molecule is CCCCNC(=O)CNc1ccc(F)c(C(F)(F)F)c1. The molecule has 3 nitrogen and oxygen atoms in total. The molecular weight excluding hydrogens is 276 g/mol. The Bertz CT molecular complexity index is 460. The van der Waals surface area contributed by atoms with Crippen molar-refractivity contribution in [2.45, 2.75) is 25.9 Å². The second-order valence-corrected chi connectivity index (χ2v) is 4.25. The molecule has 112 valence electrons. The van der Waals surface area contributed by atoms with E-state index >= 15 is 0 Å². The number of carbonyl (C=O) groups is 1. The van der Waals surface area contributed by atoms with Gasteiger partial charge in [-0.15, -0.1) is 0 Å². The van der Waals surface area contributed by atoms with Crippen molar-refractivity contribution in [1.29, 1.82) is 0 Å². The number of benzene rings is 1. The van der Waals surface area contributed by atoms with Crippen LogP contribution in [0.5, 0.6) is 0 Å². The van der Waals surface area contributed by atoms with Gasteiger partial charge in [0.15, 0.2) is 0 Å². The summed E-state index contributed by atoms with van der Waals surface area (Å²) >= 11 is 0. The van der Waals surface area contributed by atoms with Crippen LogP contribution in [0.25, 0.3) is 0 Å². The van der Waals surface area contributed by atoms with E-state index in [-0.39, 0.29) is 18.1 Å². The highest BCUT2D eigenvalue weighted by molar-refractivity contribution is 5.80. The van der Waals surface area contributed by atoms with Gasteiger partial charge in [-0.2, -0.15) is 13.2 Å². The third-order valence-electron chi connectivity index (χ3n) is 2.58. The second kappa shape index (κ2) is 7.12. The van der Waals surface area contributed by atoms with Gasteiger partial charge in [-0.1, -0.05) is 13.3 Å². The number of amides is 1. The molecule has 0 aliphatic rings. The van der Waals surface area contributed by atoms with Crippen molar-refractivity contribution in [3.05, 3.63) is 29.6 Å². The largest absolute Gasteiger partial charge is 0.419 e. The van der Waals surface area contributed by atoms with Crippen LogP contribution < -0.4 is 10.6 Å². The summed E-state index contributed by atoms with van der Waals surface area (Å²) in [6.45, 7) is 2.34. The molecule has 0 unspecified atom stereocenters. The van der Waals surface area contributed by atoms with Gasteiger partial charge in [0, 0.05) is 12.2 Å². The minimum Gasteiger partial charge on any atom is -0.376 e. The van der Waals surface area contributed by atoms with Crippen LogP contribution in [0, 0.1) is 5.82 Å². The number of rotatable bonds is 6. The fourth-order valence-electron chi connectivity index (χ4n) is 1.50. The molecule has 0 spiro atoms. The number of anilines is 1. The summed E-state index contributed by atoms with van der Waals surface area (Å²) in [5.74, 6) is -1.66. The van der Waals surface area contributed by atoms with Gasteiger partial charge in [0.1, 0.15) is 5.82 Å². The van der Waals surface area contributed by atoms with Gasteiger partial charge >= 0.3 is 6.18 Å². The van der Waals surface area contributed by atoms with Crippen molar-refractivity contribution >= 4 is 11.6 Å². The van der Waals surface area contributed by atoms with E-state index in [4.69, 9.17) is 0 Å². The lowest BCUT2D eigenvalue weighted by Crippen LogP contribution is -2.30. The van der Waals surface area contributed by atoms with Crippen LogP contribution in [-0.2, 0) is 11.0 Å². The summed E-state index contributed by atoms with van der Waals surface area (Å²) in [6, 6.07) is 2.53. The molecule has 0 atom stereocenters. The maximum Gasteiger partial charge on any atom is 0.419 e. The Kier molecular flexibility index (Phi) is 5.79. The molecule has 1 aromatic carbocycles. The number of unbranched alkanes of at least 4 members (excludes halogenated alkanes) is 1. The average molecular weight is 292 g/mol. The van der Waals surface area contributed by atoms with E-state index in [0.717, 1.165) is 25.0 Å². The molecule has 1 amide bonds. The smallest absolute Gasteiger partial charge is 0.376 e. The van der Waals surface area contributed by atoms with Crippen LogP contribution in [0.1, 0.15) is 25.3 Å². The Morgan fingerprint density at radius 3 is 2.60 bits per heavy atom. The van der Waals surface area contributed by atoms with Gasteiger partial charge in [0.2, 0.25) is 5.91 Å². The number of hydrogen-bond acceptors (Lipinski definition) is 2. The summed E-state index contributed by atoms with van der Waals surface area (Å²) in [5.41, 5.74) is -1.31. The van der Waals surface area contributed by atoms with E-state index < -0.39 is 17.6 Å². The molecule has 1 aromatic rings. The third kappa shape index (κ3) is 5.07. The maximum absolute atomic E-state index is 13.0. The van der Waals surface area contributed by atoms with E-state index in [1.54, 1.807) is 0 Å². The molecule has 2 N–H and O–H groups in total. The van der Waals surface area contributed by atoms with Crippen LogP contribution in [0.3, 0.4) is 0 Å². The molecule has 0 aliphatic carbocycles. The van der Waals surface area contributed by atoms with Crippen LogP contribution in [0.15, 0.2) is 18.2 Å². The molecule has 0 saturated heterocycles. The van der Waals surface area contributed by atoms with Crippen molar-refractivity contribution < 1.29 is 22.4 Å². The first kappa shape index (κ1) is 16.3. The Labute approximate surface area is 114 Å². The Morgan fingerprint density at radius 2 is 2.00 bits per heavy atom. The number of nitrogens with one attached hydrogen (secondary N) is 2. The molecule has 0 bridgehead atoms. The van der Waals surface area contributed by atoms with Crippen molar-refractivity contribution in [2.75, 3.05) is 18.4 Å². The average Bonchev–Trinajstić information content (AvgIpc) is 2.36. The fraction of sp³-hybridized carbons (Fsp3) is 0.462. The molecule has 0 saturated carbocycles. The van der Waals surface area contributed by atoms with Gasteiger partial charge in [-0.25, -0.2) is 4.39 Å². The zero-order valence-electron chi connectivity index (χ0n) is 11.0. The number of hydrogen-bond donors (Lipinski definition) is 2. The molecular formula is C13H16F4N2O. The maximum atomic E-state index is 13.0. The zero-order valence-corrected chi connectivity index (χ0v) is 11.0. The lowest BCUT2D eigenvalue weighted by molar-refractivity contribution is -0.139. The quantitative estimate of drug-likeness (QED) is 0.624. The predicted octanol–water partition coefficient (Wildman–Crippen LogP) is 3.17. The predicted molar refractivity (Wildman–Crippen MR) is 67.8 cm³/mol. The lowest BCUT2D eigenvalue weighted by atomic mass is 10.2. The number of halogens is 4. The van der Waals surface area contributed by atoms with Gasteiger partial charge in [0.05, 0.1) is 12.1 Å². The molecule has 7 heteroatoms. The van der Waals surface area contributed by atoms with E-state index in [2.05, 4.69) is 10.6 Å². The highest BCUT2D eigenvalue weighted by Gasteiger charge is 2.34. The fourth-order valence-corrected chi connectivity index (χ4v) is 1.50. The van der Waals surface area contributed by atoms with Crippen molar-refractivity contribution in [2.24, 2.45) is 0 Å². The Morgan fingerprint density at radius 1 is 1.30 bits per heavy atom. The number of carbonyl (C=O) groups excluding carboxylic acids is 1. The molecule has 20 heavy (non-hydrogen) atoms. The minimum absolute atomic E-state index is 0.0457. The summed E-state index contributed by atoms with van der Waals surface area (Å²) < 4.78 is 50.5. The van der Waals surface area contributed by atoms with E-state index in [1.807, 2.05) is 6.92 Å². The van der Waals surface area contributed by atoms with Crippen LogP contribution >= 0.6 is 0 Å². The van der Waals surface area contributed by atoms with Gasteiger partial charge in [0.25, 0.3) is 0 Å². The standard InChI is InChI=1S/C13H16F4N2O/c1-2-3-6-18-12(20)8-19-9-4-5-11(14)10(7-9)13(15,16)17/h4-5,7,19H,2-3,6,8H2,1H3,(H,18,20). The first-order valence-corrected chi connectivity index (χ1v) is 6.22. The van der Waals surface area contributed by atoms with E-state index in [1.165, 1.54) is 0 Å². The van der Waals surface area contributed by atoms with Gasteiger partial charge in [-0.3, -0.25) is 4.79 Å². The molecule has 0 aliphatic heterocycles. The molecule has 0 radical (unpaired) electrons. The molecule has 0 heterocycles. The van der Waals surface area contributed by atoms with Crippen LogP contribution in [-0.4, -0.2) is 19.0 Å². The first-order valence-electron chi connectivity index (χ1n) is 6.22. The zero-order chi connectivity index (χ0) is 15.2. The summed E-state index contributed by atoms with van der Waals surface area (Å²) in [4.78, 5) is 11.4. The summed E-state index contributed by atoms with van der Waals surface area (Å²) in [7, 11) is 0. The molecule has 0 fully saturated rings. The Balaban J connectivity index is 2.59. The Hall–Kier alpha value is -1.79. The van der Waals surface area contributed by atoms with Crippen LogP contribution in [0.2, 0.25) is 0 Å². The van der Waals surface area contributed by atoms with E-state index in [0.29, 0.717) is 12.6 Å². The summed E-state index contributed by atoms with van der Waals surface area (Å²) in [6.07, 6.45) is -2.99.